The molecule has 0 atom stereocenters. The summed E-state index contributed by atoms with van der Waals surface area (Å²) in [6.45, 7) is 3.62. The van der Waals surface area contributed by atoms with E-state index in [0.717, 1.165) is 12.8 Å². The van der Waals surface area contributed by atoms with Gasteiger partial charge in [0.25, 0.3) is 0 Å². The van der Waals surface area contributed by atoms with Gasteiger partial charge in [-0.05, 0) is 25.0 Å². The van der Waals surface area contributed by atoms with E-state index in [1.165, 1.54) is 12.1 Å². The van der Waals surface area contributed by atoms with E-state index in [2.05, 4.69) is 11.6 Å². The van der Waals surface area contributed by atoms with Crippen LogP contribution in [-0.2, 0) is 14.8 Å². The van der Waals surface area contributed by atoms with E-state index in [0.29, 0.717) is 26.2 Å². The minimum atomic E-state index is -3.68. The molecule has 3 N–H and O–H groups in total. The second-order valence-electron chi connectivity index (χ2n) is 4.38. The lowest BCUT2D eigenvalue weighted by atomic mass is 10.3. The van der Waals surface area contributed by atoms with Crippen molar-refractivity contribution < 1.29 is 13.2 Å². The van der Waals surface area contributed by atoms with Gasteiger partial charge in [0, 0.05) is 19.8 Å². The van der Waals surface area contributed by atoms with Gasteiger partial charge in [-0.1, -0.05) is 31.0 Å². The SMILES string of the molecule is CCCCOCCCNS(=O)(=O)c1c(N)cccc1Cl. The molecule has 0 fully saturated rings. The van der Waals surface area contributed by atoms with Gasteiger partial charge in [0.1, 0.15) is 4.90 Å². The number of anilines is 1. The van der Waals surface area contributed by atoms with Crippen molar-refractivity contribution in [1.82, 2.24) is 4.72 Å². The predicted octanol–water partition coefficient (Wildman–Crippen LogP) is 2.41. The van der Waals surface area contributed by atoms with Crippen LogP contribution in [0.4, 0.5) is 5.69 Å². The van der Waals surface area contributed by atoms with Crippen molar-refractivity contribution in [2.24, 2.45) is 0 Å². The Labute approximate surface area is 125 Å². The Morgan fingerprint density at radius 3 is 2.65 bits per heavy atom. The molecule has 0 amide bonds. The number of sulfonamides is 1. The molecular weight excluding hydrogens is 300 g/mol. The summed E-state index contributed by atoms with van der Waals surface area (Å²) in [5.41, 5.74) is 5.81. The minimum absolute atomic E-state index is 0.0615. The summed E-state index contributed by atoms with van der Waals surface area (Å²) in [6.07, 6.45) is 2.70. The fourth-order valence-corrected chi connectivity index (χ4v) is 3.36. The second kappa shape index (κ2) is 8.46. The van der Waals surface area contributed by atoms with Crippen LogP contribution in [-0.4, -0.2) is 28.2 Å². The quantitative estimate of drug-likeness (QED) is 0.541. The molecule has 0 aromatic heterocycles. The number of unbranched alkanes of at least 4 members (excludes halogenated alkanes) is 1. The number of hydrogen-bond acceptors (Lipinski definition) is 4. The van der Waals surface area contributed by atoms with Crippen molar-refractivity contribution in [2.45, 2.75) is 31.1 Å². The molecular formula is C13H21ClN2O3S. The first-order chi connectivity index (χ1) is 9.49. The Kier molecular flexibility index (Phi) is 7.29. The molecule has 0 unspecified atom stereocenters. The van der Waals surface area contributed by atoms with Gasteiger partial charge in [-0.25, -0.2) is 13.1 Å². The molecule has 0 aliphatic carbocycles. The van der Waals surface area contributed by atoms with Crippen molar-refractivity contribution in [2.75, 3.05) is 25.5 Å². The Morgan fingerprint density at radius 2 is 2.00 bits per heavy atom. The van der Waals surface area contributed by atoms with E-state index >= 15 is 0 Å². The summed E-state index contributed by atoms with van der Waals surface area (Å²) in [6, 6.07) is 4.62. The summed E-state index contributed by atoms with van der Waals surface area (Å²) >= 11 is 5.89. The average molecular weight is 321 g/mol. The van der Waals surface area contributed by atoms with Gasteiger partial charge in [-0.2, -0.15) is 0 Å². The molecule has 0 heterocycles. The third kappa shape index (κ3) is 5.28. The number of ether oxygens (including phenoxy) is 1. The Balaban J connectivity index is 2.46. The molecule has 1 aromatic carbocycles. The number of nitrogen functional groups attached to an aromatic ring is 1. The number of rotatable bonds is 9. The maximum absolute atomic E-state index is 12.1. The molecule has 114 valence electrons. The lowest BCUT2D eigenvalue weighted by molar-refractivity contribution is 0.130. The molecule has 1 aromatic rings. The van der Waals surface area contributed by atoms with E-state index in [1.807, 2.05) is 0 Å². The number of halogens is 1. The van der Waals surface area contributed by atoms with Crippen LogP contribution in [0, 0.1) is 0 Å². The summed E-state index contributed by atoms with van der Waals surface area (Å²) in [5.74, 6) is 0. The van der Waals surface area contributed by atoms with Gasteiger partial charge in [-0.3, -0.25) is 0 Å². The van der Waals surface area contributed by atoms with Gasteiger partial charge >= 0.3 is 0 Å². The fourth-order valence-electron chi connectivity index (χ4n) is 1.61. The standard InChI is InChI=1S/C13H21ClN2O3S/c1-2-3-9-19-10-5-8-16-20(17,18)13-11(14)6-4-7-12(13)15/h4,6-7,16H,2-3,5,8-10,15H2,1H3. The zero-order valence-corrected chi connectivity index (χ0v) is 13.1. The molecule has 1 rings (SSSR count). The normalized spacial score (nSPS) is 11.7. The number of nitrogens with one attached hydrogen (secondary N) is 1. The first-order valence-electron chi connectivity index (χ1n) is 6.60. The molecule has 0 saturated heterocycles. The number of nitrogens with two attached hydrogens (primary N) is 1. The summed E-state index contributed by atoms with van der Waals surface area (Å²) in [7, 11) is -3.68. The molecule has 0 aliphatic rings. The Morgan fingerprint density at radius 1 is 1.30 bits per heavy atom. The zero-order chi connectivity index (χ0) is 15.0. The predicted molar refractivity (Wildman–Crippen MR) is 81.4 cm³/mol. The number of benzene rings is 1. The molecule has 0 aliphatic heterocycles. The minimum Gasteiger partial charge on any atom is -0.398 e. The van der Waals surface area contributed by atoms with Crippen LogP contribution in [0.3, 0.4) is 0 Å². The molecule has 7 heteroatoms. The van der Waals surface area contributed by atoms with Gasteiger partial charge in [-0.15, -0.1) is 0 Å². The molecule has 5 nitrogen and oxygen atoms in total. The maximum atomic E-state index is 12.1. The van der Waals surface area contributed by atoms with Gasteiger partial charge in [0.15, 0.2) is 0 Å². The van der Waals surface area contributed by atoms with E-state index in [-0.39, 0.29) is 15.6 Å². The highest BCUT2D eigenvalue weighted by molar-refractivity contribution is 7.89. The molecule has 20 heavy (non-hydrogen) atoms. The largest absolute Gasteiger partial charge is 0.398 e. The summed E-state index contributed by atoms with van der Waals surface area (Å²) < 4.78 is 32.0. The van der Waals surface area contributed by atoms with Crippen molar-refractivity contribution in [3.8, 4) is 0 Å². The summed E-state index contributed by atoms with van der Waals surface area (Å²) in [5, 5.41) is 0.122. The van der Waals surface area contributed by atoms with E-state index < -0.39 is 10.0 Å². The van der Waals surface area contributed by atoms with E-state index in [1.54, 1.807) is 6.07 Å². The third-order valence-corrected chi connectivity index (χ3v) is 4.67. The van der Waals surface area contributed by atoms with Crippen LogP contribution in [0.1, 0.15) is 26.2 Å². The monoisotopic (exact) mass is 320 g/mol. The van der Waals surface area contributed by atoms with Crippen LogP contribution in [0.15, 0.2) is 23.1 Å². The molecule has 0 radical (unpaired) electrons. The van der Waals surface area contributed by atoms with Crippen LogP contribution in [0.2, 0.25) is 5.02 Å². The van der Waals surface area contributed by atoms with E-state index in [9.17, 15) is 8.42 Å². The topological polar surface area (TPSA) is 81.4 Å². The van der Waals surface area contributed by atoms with Crippen molar-refractivity contribution in [3.63, 3.8) is 0 Å². The fraction of sp³-hybridized carbons (Fsp3) is 0.538. The lowest BCUT2D eigenvalue weighted by Gasteiger charge is -2.10. The first kappa shape index (κ1) is 17.2. The first-order valence-corrected chi connectivity index (χ1v) is 8.46. The highest BCUT2D eigenvalue weighted by Gasteiger charge is 2.20. The van der Waals surface area contributed by atoms with Crippen LogP contribution >= 0.6 is 11.6 Å². The number of hydrogen-bond donors (Lipinski definition) is 2. The van der Waals surface area contributed by atoms with Crippen molar-refractivity contribution in [3.05, 3.63) is 23.2 Å². The van der Waals surface area contributed by atoms with Gasteiger partial charge < -0.3 is 10.5 Å². The van der Waals surface area contributed by atoms with Crippen LogP contribution in [0.25, 0.3) is 0 Å². The maximum Gasteiger partial charge on any atom is 0.244 e. The van der Waals surface area contributed by atoms with Gasteiger partial charge in [0.05, 0.1) is 10.7 Å². The molecule has 0 bridgehead atoms. The van der Waals surface area contributed by atoms with Crippen molar-refractivity contribution in [1.29, 1.82) is 0 Å². The smallest absolute Gasteiger partial charge is 0.244 e. The Hall–Kier alpha value is -0.820. The van der Waals surface area contributed by atoms with Crippen molar-refractivity contribution >= 4 is 27.3 Å². The molecule has 0 spiro atoms. The second-order valence-corrected chi connectivity index (χ2v) is 6.49. The van der Waals surface area contributed by atoms with Crippen LogP contribution in [0.5, 0.6) is 0 Å². The lowest BCUT2D eigenvalue weighted by Crippen LogP contribution is -2.26. The average Bonchev–Trinajstić information content (AvgIpc) is 2.37. The Bertz CT molecular complexity index is 500. The highest BCUT2D eigenvalue weighted by atomic mass is 35.5. The third-order valence-electron chi connectivity index (χ3n) is 2.67. The van der Waals surface area contributed by atoms with Crippen LogP contribution < -0.4 is 10.5 Å². The highest BCUT2D eigenvalue weighted by Crippen LogP contribution is 2.26. The summed E-state index contributed by atoms with van der Waals surface area (Å²) in [4.78, 5) is -0.0615. The zero-order valence-electron chi connectivity index (χ0n) is 11.6. The molecule has 0 saturated carbocycles. The van der Waals surface area contributed by atoms with E-state index in [4.69, 9.17) is 22.1 Å². The van der Waals surface area contributed by atoms with Gasteiger partial charge in [0.2, 0.25) is 10.0 Å².